The van der Waals surface area contributed by atoms with E-state index in [1.807, 2.05) is 0 Å². The van der Waals surface area contributed by atoms with E-state index in [1.165, 1.54) is 42.5 Å². The number of rotatable bonds is 5. The van der Waals surface area contributed by atoms with Crippen molar-refractivity contribution in [3.05, 3.63) is 109 Å². The van der Waals surface area contributed by atoms with Crippen LogP contribution in [0.2, 0.25) is 5.02 Å². The number of imide groups is 1. The van der Waals surface area contributed by atoms with Crippen LogP contribution in [0.25, 0.3) is 0 Å². The Bertz CT molecular complexity index is 1820. The van der Waals surface area contributed by atoms with E-state index >= 15 is 0 Å². The largest absolute Gasteiger partial charge is 0.416 e. The first-order valence-electron chi connectivity index (χ1n) is 12.7. The topological polar surface area (TPSA) is 88.5 Å². The molecule has 3 heterocycles. The number of aromatic nitrogens is 1. The Morgan fingerprint density at radius 1 is 0.953 bits per heavy atom. The fourth-order valence-electron chi connectivity index (χ4n) is 5.25. The lowest BCUT2D eigenvalue weighted by Gasteiger charge is -2.30. The maximum Gasteiger partial charge on any atom is 0.416 e. The zero-order valence-electron chi connectivity index (χ0n) is 21.6. The van der Waals surface area contributed by atoms with Gasteiger partial charge in [0.25, 0.3) is 0 Å². The summed E-state index contributed by atoms with van der Waals surface area (Å²) in [6, 6.07) is 15.6. The fraction of sp³-hybridized carbons (Fsp3) is 0.172. The van der Waals surface area contributed by atoms with Crippen molar-refractivity contribution in [1.82, 2.24) is 4.57 Å². The average molecular weight is 648 g/mol. The highest BCUT2D eigenvalue weighted by Crippen LogP contribution is 2.54. The maximum atomic E-state index is 13.9. The number of benzene rings is 3. The predicted octanol–water partition coefficient (Wildman–Crippen LogP) is 6.16. The molecule has 0 bridgehead atoms. The first-order valence-corrected chi connectivity index (χ1v) is 14.8. The fourth-order valence-corrected chi connectivity index (χ4v) is 8.15. The number of anilines is 2. The van der Waals surface area contributed by atoms with Gasteiger partial charge in [0.15, 0.2) is 0 Å². The number of alkyl halides is 3. The molecule has 3 atom stereocenters. The number of hydrogen-bond donors (Lipinski definition) is 1. The highest BCUT2D eigenvalue weighted by molar-refractivity contribution is 8.00. The second-order valence-corrected chi connectivity index (χ2v) is 12.4. The van der Waals surface area contributed by atoms with Crippen molar-refractivity contribution < 1.29 is 31.9 Å². The number of fused-ring (bicyclic) bond motifs is 2. The van der Waals surface area contributed by atoms with Gasteiger partial charge in [-0.05, 0) is 60.2 Å². The number of carbonyl (C=O) groups is 3. The van der Waals surface area contributed by atoms with Crippen LogP contribution in [-0.2, 0) is 27.1 Å². The lowest BCUT2D eigenvalue weighted by atomic mass is 9.83. The van der Waals surface area contributed by atoms with Gasteiger partial charge in [-0.3, -0.25) is 23.7 Å². The number of hydrogen-bond acceptors (Lipinski definition) is 6. The molecule has 6 rings (SSSR count). The third-order valence-electron chi connectivity index (χ3n) is 7.14. The molecular formula is C29H18ClF4N3O4S2. The molecule has 7 nitrogen and oxygen atoms in total. The van der Waals surface area contributed by atoms with Crippen molar-refractivity contribution in [2.75, 3.05) is 10.2 Å². The summed E-state index contributed by atoms with van der Waals surface area (Å²) in [4.78, 5) is 54.6. The van der Waals surface area contributed by atoms with Crippen LogP contribution in [0.4, 0.5) is 28.9 Å². The molecule has 3 unspecified atom stereocenters. The predicted molar refractivity (Wildman–Crippen MR) is 154 cm³/mol. The summed E-state index contributed by atoms with van der Waals surface area (Å²) in [6.45, 7) is -0.551. The molecule has 0 radical (unpaired) electrons. The van der Waals surface area contributed by atoms with E-state index in [0.717, 1.165) is 50.8 Å². The standard InChI is InChI=1S/C29H18ClF4N3O4S2/c30-16-6-10-19(11-7-16)37-25(39)22-21(14-4-8-17(31)9-5-14)24-27(42-23(22)26(37)40)36(28(41)43-24)13-20(38)35-18-3-1-2-15(12-18)29(32,33)34/h1-12,21-23H,13H2,(H,35,38). The Balaban J connectivity index is 1.37. The zero-order valence-corrected chi connectivity index (χ0v) is 24.0. The van der Waals surface area contributed by atoms with Gasteiger partial charge in [0.1, 0.15) is 17.6 Å². The third-order valence-corrected chi connectivity index (χ3v) is 9.99. The van der Waals surface area contributed by atoms with Crippen LogP contribution in [0.5, 0.6) is 0 Å². The van der Waals surface area contributed by atoms with Gasteiger partial charge in [0, 0.05) is 21.5 Å². The number of halogens is 5. The summed E-state index contributed by atoms with van der Waals surface area (Å²) in [5.74, 6) is -4.05. The zero-order chi connectivity index (χ0) is 30.6. The first-order chi connectivity index (χ1) is 20.4. The lowest BCUT2D eigenvalue weighted by Crippen LogP contribution is -2.33. The minimum absolute atomic E-state index is 0.107. The molecule has 1 aromatic heterocycles. The SMILES string of the molecule is O=C(Cn1c2c(sc1=O)C(c1ccc(F)cc1)C1C(=O)N(c3ccc(Cl)cc3)C(=O)C1S2)Nc1cccc(C(F)(F)F)c1. The second kappa shape index (κ2) is 11.0. The van der Waals surface area contributed by atoms with Gasteiger partial charge in [0.05, 0.1) is 22.2 Å². The summed E-state index contributed by atoms with van der Waals surface area (Å²) in [5, 5.41) is 2.10. The molecule has 0 saturated carbocycles. The molecule has 0 spiro atoms. The minimum atomic E-state index is -4.61. The minimum Gasteiger partial charge on any atom is -0.325 e. The van der Waals surface area contributed by atoms with Crippen LogP contribution >= 0.6 is 34.7 Å². The van der Waals surface area contributed by atoms with Crippen molar-refractivity contribution in [3.8, 4) is 0 Å². The van der Waals surface area contributed by atoms with Crippen LogP contribution in [0, 0.1) is 11.7 Å². The normalized spacial score (nSPS) is 19.7. The molecule has 2 aliphatic rings. The monoisotopic (exact) mass is 647 g/mol. The Morgan fingerprint density at radius 3 is 2.33 bits per heavy atom. The highest BCUT2D eigenvalue weighted by Gasteiger charge is 2.56. The van der Waals surface area contributed by atoms with Gasteiger partial charge in [-0.1, -0.05) is 52.9 Å². The van der Waals surface area contributed by atoms with Gasteiger partial charge in [-0.25, -0.2) is 9.29 Å². The van der Waals surface area contributed by atoms with Gasteiger partial charge >= 0.3 is 11.0 Å². The summed E-state index contributed by atoms with van der Waals surface area (Å²) in [7, 11) is 0. The van der Waals surface area contributed by atoms with Crippen LogP contribution in [0.3, 0.4) is 0 Å². The molecule has 1 fully saturated rings. The third kappa shape index (κ3) is 5.36. The van der Waals surface area contributed by atoms with Gasteiger partial charge in [0.2, 0.25) is 17.7 Å². The molecule has 4 aromatic rings. The van der Waals surface area contributed by atoms with Crippen molar-refractivity contribution in [3.63, 3.8) is 0 Å². The molecule has 2 aliphatic heterocycles. The molecule has 0 aliphatic carbocycles. The Labute approximate surface area is 254 Å². The van der Waals surface area contributed by atoms with E-state index in [9.17, 15) is 36.7 Å². The van der Waals surface area contributed by atoms with Crippen molar-refractivity contribution >= 4 is 63.8 Å². The number of nitrogens with one attached hydrogen (secondary N) is 1. The van der Waals surface area contributed by atoms with E-state index in [-0.39, 0.29) is 10.7 Å². The highest BCUT2D eigenvalue weighted by atomic mass is 35.5. The molecule has 220 valence electrons. The number of carbonyl (C=O) groups excluding carboxylic acids is 3. The van der Waals surface area contributed by atoms with E-state index in [0.29, 0.717) is 21.2 Å². The van der Waals surface area contributed by atoms with Crippen molar-refractivity contribution in [2.24, 2.45) is 5.92 Å². The van der Waals surface area contributed by atoms with E-state index in [2.05, 4.69) is 5.32 Å². The van der Waals surface area contributed by atoms with Crippen LogP contribution in [-0.4, -0.2) is 27.5 Å². The summed E-state index contributed by atoms with van der Waals surface area (Å²) in [5.41, 5.74) is -0.245. The molecular weight excluding hydrogens is 630 g/mol. The molecule has 3 amide bonds. The van der Waals surface area contributed by atoms with Gasteiger partial charge < -0.3 is 5.32 Å². The van der Waals surface area contributed by atoms with Crippen LogP contribution < -0.4 is 15.1 Å². The van der Waals surface area contributed by atoms with Gasteiger partial charge in [-0.2, -0.15) is 13.2 Å². The molecule has 1 N–H and O–H groups in total. The Morgan fingerprint density at radius 2 is 1.65 bits per heavy atom. The molecule has 3 aromatic carbocycles. The summed E-state index contributed by atoms with van der Waals surface area (Å²) in [6.07, 6.45) is -4.61. The smallest absolute Gasteiger partial charge is 0.325 e. The quantitative estimate of drug-likeness (QED) is 0.207. The van der Waals surface area contributed by atoms with Crippen molar-refractivity contribution in [2.45, 2.75) is 28.9 Å². The van der Waals surface area contributed by atoms with Crippen LogP contribution in [0.1, 0.15) is 21.9 Å². The number of amides is 3. The average Bonchev–Trinajstić information content (AvgIpc) is 3.40. The van der Waals surface area contributed by atoms with Crippen LogP contribution in [0.15, 0.2) is 82.6 Å². The number of thioether (sulfide) groups is 1. The Kier molecular flexibility index (Phi) is 7.43. The number of thiazole rings is 1. The molecule has 43 heavy (non-hydrogen) atoms. The van der Waals surface area contributed by atoms with E-state index < -0.39 is 63.8 Å². The molecule has 1 saturated heterocycles. The van der Waals surface area contributed by atoms with Gasteiger partial charge in [-0.15, -0.1) is 0 Å². The summed E-state index contributed by atoms with van der Waals surface area (Å²) < 4.78 is 54.4. The first kappa shape index (κ1) is 29.1. The van der Waals surface area contributed by atoms with E-state index in [4.69, 9.17) is 11.6 Å². The Hall–Kier alpha value is -3.94. The van der Waals surface area contributed by atoms with Crippen molar-refractivity contribution in [1.29, 1.82) is 0 Å². The molecule has 14 heteroatoms. The second-order valence-electron chi connectivity index (χ2n) is 9.83. The maximum absolute atomic E-state index is 13.9. The van der Waals surface area contributed by atoms with E-state index in [1.54, 1.807) is 12.1 Å². The summed E-state index contributed by atoms with van der Waals surface area (Å²) >= 11 is 7.76. The number of nitrogens with zero attached hydrogens (tertiary/aromatic N) is 2. The lowest BCUT2D eigenvalue weighted by molar-refractivity contribution is -0.137.